The number of amides is 1. The van der Waals surface area contributed by atoms with E-state index in [1.165, 1.54) is 12.8 Å². The monoisotopic (exact) mass is 244 g/mol. The van der Waals surface area contributed by atoms with Gasteiger partial charge >= 0.3 is 0 Å². The van der Waals surface area contributed by atoms with Gasteiger partial charge in [-0.15, -0.1) is 0 Å². The summed E-state index contributed by atoms with van der Waals surface area (Å²) in [5, 5.41) is 2.78. The molecule has 92 valence electrons. The summed E-state index contributed by atoms with van der Waals surface area (Å²) in [5.74, 6) is 0.307. The largest absolute Gasteiger partial charge is 0.393 e. The molecule has 16 heavy (non-hydrogen) atoms. The van der Waals surface area contributed by atoms with Gasteiger partial charge in [0, 0.05) is 19.8 Å². The number of nitrogens with two attached hydrogens (primary N) is 1. The van der Waals surface area contributed by atoms with Gasteiger partial charge < -0.3 is 15.8 Å². The molecule has 4 nitrogen and oxygen atoms in total. The highest BCUT2D eigenvalue weighted by Crippen LogP contribution is 2.28. The lowest BCUT2D eigenvalue weighted by Crippen LogP contribution is -2.36. The number of rotatable bonds is 8. The minimum absolute atomic E-state index is 0.102. The van der Waals surface area contributed by atoms with Crippen LogP contribution in [0.25, 0.3) is 0 Å². The number of hydrogen-bond acceptors (Lipinski definition) is 3. The Morgan fingerprint density at radius 3 is 2.88 bits per heavy atom. The van der Waals surface area contributed by atoms with Gasteiger partial charge in [-0.2, -0.15) is 0 Å². The van der Waals surface area contributed by atoms with Crippen LogP contribution in [0.2, 0.25) is 0 Å². The van der Waals surface area contributed by atoms with E-state index in [0.29, 0.717) is 13.2 Å². The van der Waals surface area contributed by atoms with E-state index in [2.05, 4.69) is 5.32 Å². The summed E-state index contributed by atoms with van der Waals surface area (Å²) >= 11 is 4.74. The molecule has 0 bridgehead atoms. The summed E-state index contributed by atoms with van der Waals surface area (Å²) in [7, 11) is 0. The topological polar surface area (TPSA) is 64.3 Å². The Kier molecular flexibility index (Phi) is 5.69. The molecule has 1 fully saturated rings. The Morgan fingerprint density at radius 2 is 2.31 bits per heavy atom. The van der Waals surface area contributed by atoms with E-state index in [-0.39, 0.29) is 16.8 Å². The van der Waals surface area contributed by atoms with Crippen molar-refractivity contribution < 1.29 is 9.53 Å². The Hall–Kier alpha value is -0.680. The molecular formula is C11H20N2O2S. The SMILES string of the molecule is CC(C(=O)NCCCOCC1CC1)C(N)=S. The van der Waals surface area contributed by atoms with E-state index >= 15 is 0 Å². The fraction of sp³-hybridized carbons (Fsp3) is 0.818. The molecular weight excluding hydrogens is 224 g/mol. The number of nitrogens with one attached hydrogen (secondary N) is 1. The fourth-order valence-corrected chi connectivity index (χ4v) is 1.31. The van der Waals surface area contributed by atoms with Crippen molar-refractivity contribution in [1.29, 1.82) is 0 Å². The zero-order chi connectivity index (χ0) is 12.0. The molecule has 1 aliphatic carbocycles. The summed E-state index contributed by atoms with van der Waals surface area (Å²) in [6, 6.07) is 0. The van der Waals surface area contributed by atoms with Gasteiger partial charge in [-0.1, -0.05) is 12.2 Å². The lowest BCUT2D eigenvalue weighted by atomic mass is 10.1. The first-order valence-electron chi connectivity index (χ1n) is 5.76. The molecule has 0 spiro atoms. The molecule has 1 unspecified atom stereocenters. The molecule has 0 heterocycles. The van der Waals surface area contributed by atoms with Crippen molar-refractivity contribution in [2.45, 2.75) is 26.2 Å². The Balaban J connectivity index is 1.92. The third-order valence-electron chi connectivity index (χ3n) is 2.64. The number of thiocarbonyl (C=S) groups is 1. The van der Waals surface area contributed by atoms with E-state index in [1.54, 1.807) is 6.92 Å². The van der Waals surface area contributed by atoms with Gasteiger partial charge in [0.15, 0.2) is 0 Å². The molecule has 0 aromatic heterocycles. The lowest BCUT2D eigenvalue weighted by Gasteiger charge is -2.10. The minimum Gasteiger partial charge on any atom is -0.393 e. The first-order valence-corrected chi connectivity index (χ1v) is 6.17. The van der Waals surface area contributed by atoms with Crippen molar-refractivity contribution in [2.75, 3.05) is 19.8 Å². The molecule has 5 heteroatoms. The second-order valence-electron chi connectivity index (χ2n) is 4.29. The number of carbonyl (C=O) groups excluding carboxylic acids is 1. The normalized spacial score (nSPS) is 16.8. The Morgan fingerprint density at radius 1 is 1.62 bits per heavy atom. The molecule has 0 radical (unpaired) electrons. The molecule has 1 aliphatic rings. The van der Waals surface area contributed by atoms with Crippen LogP contribution in [-0.2, 0) is 9.53 Å². The van der Waals surface area contributed by atoms with Crippen molar-refractivity contribution in [3.05, 3.63) is 0 Å². The van der Waals surface area contributed by atoms with Crippen LogP contribution in [0.5, 0.6) is 0 Å². The fourth-order valence-electron chi connectivity index (χ4n) is 1.20. The Bertz CT molecular complexity index is 254. The molecule has 1 saturated carbocycles. The molecule has 1 atom stereocenters. The summed E-state index contributed by atoms with van der Waals surface area (Å²) in [4.78, 5) is 11.7. The van der Waals surface area contributed by atoms with Gasteiger partial charge in [0.05, 0.1) is 10.9 Å². The van der Waals surface area contributed by atoms with Crippen molar-refractivity contribution in [2.24, 2.45) is 17.6 Å². The van der Waals surface area contributed by atoms with E-state index in [1.807, 2.05) is 0 Å². The highest BCUT2D eigenvalue weighted by atomic mass is 32.1. The zero-order valence-corrected chi connectivity index (χ0v) is 10.5. The van der Waals surface area contributed by atoms with Crippen LogP contribution in [0, 0.1) is 11.8 Å². The summed E-state index contributed by atoms with van der Waals surface area (Å²) < 4.78 is 5.45. The summed E-state index contributed by atoms with van der Waals surface area (Å²) in [6.07, 6.45) is 3.45. The third kappa shape index (κ3) is 5.42. The summed E-state index contributed by atoms with van der Waals surface area (Å²) in [5.41, 5.74) is 5.37. The molecule has 0 aromatic rings. The first-order chi connectivity index (χ1) is 7.61. The van der Waals surface area contributed by atoms with Crippen LogP contribution in [0.4, 0.5) is 0 Å². The van der Waals surface area contributed by atoms with Crippen molar-refractivity contribution >= 4 is 23.1 Å². The van der Waals surface area contributed by atoms with E-state index in [4.69, 9.17) is 22.7 Å². The zero-order valence-electron chi connectivity index (χ0n) is 9.70. The van der Waals surface area contributed by atoms with E-state index in [0.717, 1.165) is 18.9 Å². The molecule has 1 rings (SSSR count). The number of ether oxygens (including phenoxy) is 1. The average Bonchev–Trinajstić information content (AvgIpc) is 3.05. The van der Waals surface area contributed by atoms with Crippen molar-refractivity contribution in [3.8, 4) is 0 Å². The first kappa shape index (κ1) is 13.4. The van der Waals surface area contributed by atoms with Crippen LogP contribution in [-0.4, -0.2) is 30.7 Å². The third-order valence-corrected chi connectivity index (χ3v) is 2.99. The van der Waals surface area contributed by atoms with Crippen LogP contribution in [0.15, 0.2) is 0 Å². The molecule has 0 aliphatic heterocycles. The standard InChI is InChI=1S/C11H20N2O2S/c1-8(10(12)16)11(14)13-5-2-6-15-7-9-3-4-9/h8-9H,2-7H2,1H3,(H2,12,16)(H,13,14). The lowest BCUT2D eigenvalue weighted by molar-refractivity contribution is -0.122. The molecule has 0 aromatic carbocycles. The van der Waals surface area contributed by atoms with Crippen LogP contribution in [0.3, 0.4) is 0 Å². The van der Waals surface area contributed by atoms with Gasteiger partial charge in [-0.25, -0.2) is 0 Å². The van der Waals surface area contributed by atoms with Gasteiger partial charge in [0.1, 0.15) is 0 Å². The second-order valence-corrected chi connectivity index (χ2v) is 4.76. The average molecular weight is 244 g/mol. The minimum atomic E-state index is -0.387. The van der Waals surface area contributed by atoms with E-state index < -0.39 is 0 Å². The molecule has 0 saturated heterocycles. The second kappa shape index (κ2) is 6.81. The smallest absolute Gasteiger partial charge is 0.229 e. The van der Waals surface area contributed by atoms with Crippen LogP contribution >= 0.6 is 12.2 Å². The molecule has 1 amide bonds. The number of carbonyl (C=O) groups is 1. The van der Waals surface area contributed by atoms with Gasteiger partial charge in [0.2, 0.25) is 5.91 Å². The molecule has 3 N–H and O–H groups in total. The van der Waals surface area contributed by atoms with Crippen LogP contribution < -0.4 is 11.1 Å². The van der Waals surface area contributed by atoms with Gasteiger partial charge in [-0.3, -0.25) is 4.79 Å². The van der Waals surface area contributed by atoms with Crippen LogP contribution in [0.1, 0.15) is 26.2 Å². The highest BCUT2D eigenvalue weighted by Gasteiger charge is 2.20. The maximum Gasteiger partial charge on any atom is 0.229 e. The maximum absolute atomic E-state index is 11.4. The quantitative estimate of drug-likeness (QED) is 0.490. The Labute approximate surface area is 102 Å². The van der Waals surface area contributed by atoms with Gasteiger partial charge in [-0.05, 0) is 32.1 Å². The van der Waals surface area contributed by atoms with Gasteiger partial charge in [0.25, 0.3) is 0 Å². The van der Waals surface area contributed by atoms with Crippen molar-refractivity contribution in [1.82, 2.24) is 5.32 Å². The predicted molar refractivity (Wildman–Crippen MR) is 67.1 cm³/mol. The predicted octanol–water partition coefficient (Wildman–Crippen LogP) is 0.841. The maximum atomic E-state index is 11.4. The number of hydrogen-bond donors (Lipinski definition) is 2. The van der Waals surface area contributed by atoms with Crippen molar-refractivity contribution in [3.63, 3.8) is 0 Å². The highest BCUT2D eigenvalue weighted by molar-refractivity contribution is 7.80. The van der Waals surface area contributed by atoms with E-state index in [9.17, 15) is 4.79 Å². The summed E-state index contributed by atoms with van der Waals surface area (Å²) in [6.45, 7) is 3.91.